The van der Waals surface area contributed by atoms with Gasteiger partial charge in [0.25, 0.3) is 0 Å². The van der Waals surface area contributed by atoms with Crippen LogP contribution in [0.3, 0.4) is 0 Å². The van der Waals surface area contributed by atoms with E-state index in [0.29, 0.717) is 12.5 Å². The number of amides is 1. The molecule has 5 nitrogen and oxygen atoms in total. The van der Waals surface area contributed by atoms with Crippen molar-refractivity contribution in [2.75, 3.05) is 10.6 Å². The van der Waals surface area contributed by atoms with E-state index in [-0.39, 0.29) is 11.8 Å². The summed E-state index contributed by atoms with van der Waals surface area (Å²) in [5.74, 6) is 0.449. The summed E-state index contributed by atoms with van der Waals surface area (Å²) in [5, 5.41) is 6.23. The van der Waals surface area contributed by atoms with E-state index in [0.717, 1.165) is 36.2 Å². The van der Waals surface area contributed by atoms with Crippen LogP contribution in [0.4, 0.5) is 11.4 Å². The number of aliphatic imine (C=N–C) groups is 1. The zero-order chi connectivity index (χ0) is 19.9. The molecule has 0 saturated carbocycles. The van der Waals surface area contributed by atoms with Crippen LogP contribution in [0.2, 0.25) is 0 Å². The van der Waals surface area contributed by atoms with Gasteiger partial charge in [0.15, 0.2) is 5.96 Å². The minimum Gasteiger partial charge on any atom is -0.370 e. The Kier molecular flexibility index (Phi) is 6.69. The molecule has 1 amide bonds. The van der Waals surface area contributed by atoms with E-state index in [1.807, 2.05) is 38.1 Å². The first kappa shape index (κ1) is 19.9. The number of hydrogen-bond donors (Lipinski definition) is 3. The fourth-order valence-corrected chi connectivity index (χ4v) is 3.45. The van der Waals surface area contributed by atoms with Crippen molar-refractivity contribution in [2.45, 2.75) is 52.5 Å². The third-order valence-electron chi connectivity index (χ3n) is 5.35. The molecule has 0 bridgehead atoms. The number of nitrogens with one attached hydrogen (secondary N) is 2. The molecule has 0 heterocycles. The normalized spacial score (nSPS) is 14.9. The Morgan fingerprint density at radius 1 is 1.14 bits per heavy atom. The smallest absolute Gasteiger partial charge is 0.227 e. The first-order valence-electron chi connectivity index (χ1n) is 10.1. The van der Waals surface area contributed by atoms with Crippen molar-refractivity contribution in [2.24, 2.45) is 16.6 Å². The lowest BCUT2D eigenvalue weighted by molar-refractivity contribution is -0.119. The van der Waals surface area contributed by atoms with Gasteiger partial charge in [-0.05, 0) is 67.0 Å². The number of nitrogens with zero attached hydrogens (tertiary/aromatic N) is 1. The van der Waals surface area contributed by atoms with Gasteiger partial charge in [0.1, 0.15) is 0 Å². The van der Waals surface area contributed by atoms with Gasteiger partial charge in [-0.3, -0.25) is 4.79 Å². The second-order valence-electron chi connectivity index (χ2n) is 7.48. The van der Waals surface area contributed by atoms with Crippen LogP contribution in [0.5, 0.6) is 0 Å². The number of benzene rings is 2. The van der Waals surface area contributed by atoms with Crippen LogP contribution in [0, 0.1) is 5.92 Å². The summed E-state index contributed by atoms with van der Waals surface area (Å²) in [6.07, 6.45) is 5.52. The topological polar surface area (TPSA) is 79.5 Å². The molecule has 1 aliphatic carbocycles. The largest absolute Gasteiger partial charge is 0.370 e. The van der Waals surface area contributed by atoms with E-state index in [9.17, 15) is 4.79 Å². The monoisotopic (exact) mass is 378 g/mol. The molecule has 148 valence electrons. The summed E-state index contributed by atoms with van der Waals surface area (Å²) >= 11 is 0. The summed E-state index contributed by atoms with van der Waals surface area (Å²) in [4.78, 5) is 16.6. The number of rotatable bonds is 6. The lowest BCUT2D eigenvalue weighted by atomic mass is 9.90. The molecular formula is C23H30N4O. The Morgan fingerprint density at radius 2 is 1.93 bits per heavy atom. The highest BCUT2D eigenvalue weighted by molar-refractivity contribution is 5.93. The molecule has 1 atom stereocenters. The number of aryl methyl sites for hydroxylation is 1. The maximum absolute atomic E-state index is 12.1. The molecule has 1 aliphatic rings. The number of fused-ring (bicyclic) bond motifs is 1. The number of carbonyl (C=O) groups is 1. The van der Waals surface area contributed by atoms with Crippen molar-refractivity contribution in [3.63, 3.8) is 0 Å². The molecule has 0 radical (unpaired) electrons. The highest BCUT2D eigenvalue weighted by Gasteiger charge is 2.13. The molecule has 0 aromatic heterocycles. The highest BCUT2D eigenvalue weighted by atomic mass is 16.1. The van der Waals surface area contributed by atoms with Crippen molar-refractivity contribution < 1.29 is 4.79 Å². The Morgan fingerprint density at radius 3 is 2.75 bits per heavy atom. The van der Waals surface area contributed by atoms with E-state index in [2.05, 4.69) is 33.8 Å². The van der Waals surface area contributed by atoms with Gasteiger partial charge < -0.3 is 16.4 Å². The van der Waals surface area contributed by atoms with Gasteiger partial charge in [0.2, 0.25) is 5.91 Å². The molecule has 1 unspecified atom stereocenters. The molecule has 0 aliphatic heterocycles. The van der Waals surface area contributed by atoms with E-state index in [4.69, 9.17) is 5.73 Å². The van der Waals surface area contributed by atoms with Crippen LogP contribution in [-0.2, 0) is 24.2 Å². The fourth-order valence-electron chi connectivity index (χ4n) is 3.45. The molecule has 3 rings (SSSR count). The SMILES string of the molecule is CCC(C)C(=O)Nc1cccc(CN=C(N)Nc2cccc3c2CCCC3)c1. The maximum Gasteiger partial charge on any atom is 0.227 e. The number of guanidine groups is 1. The second kappa shape index (κ2) is 9.40. The standard InChI is InChI=1S/C23H30N4O/c1-3-16(2)22(28)26-19-11-6-8-17(14-19)15-25-23(24)27-21-13-7-10-18-9-4-5-12-20(18)21/h6-8,10-11,13-14,16H,3-5,9,12,15H2,1-2H3,(H,26,28)(H3,24,25,27). The molecule has 28 heavy (non-hydrogen) atoms. The van der Waals surface area contributed by atoms with E-state index >= 15 is 0 Å². The summed E-state index contributed by atoms with van der Waals surface area (Å²) in [7, 11) is 0. The minimum absolute atomic E-state index is 0.00155. The average molecular weight is 379 g/mol. The Bertz CT molecular complexity index is 859. The van der Waals surface area contributed by atoms with Gasteiger partial charge in [0, 0.05) is 17.3 Å². The Labute approximate surface area is 167 Å². The van der Waals surface area contributed by atoms with Gasteiger partial charge in [0.05, 0.1) is 6.54 Å². The number of hydrogen-bond acceptors (Lipinski definition) is 2. The predicted molar refractivity (Wildman–Crippen MR) is 117 cm³/mol. The molecule has 0 spiro atoms. The third kappa shape index (κ3) is 5.12. The maximum atomic E-state index is 12.1. The van der Waals surface area contributed by atoms with Crippen LogP contribution in [0.25, 0.3) is 0 Å². The van der Waals surface area contributed by atoms with Gasteiger partial charge in [-0.25, -0.2) is 4.99 Å². The van der Waals surface area contributed by atoms with Crippen LogP contribution >= 0.6 is 0 Å². The number of anilines is 2. The summed E-state index contributed by atoms with van der Waals surface area (Å²) < 4.78 is 0. The predicted octanol–water partition coefficient (Wildman–Crippen LogP) is 4.48. The van der Waals surface area contributed by atoms with E-state index in [1.165, 1.54) is 24.0 Å². The summed E-state index contributed by atoms with van der Waals surface area (Å²) in [5.41, 5.74) is 11.8. The second-order valence-corrected chi connectivity index (χ2v) is 7.48. The molecule has 4 N–H and O–H groups in total. The quantitative estimate of drug-likeness (QED) is 0.512. The Balaban J connectivity index is 1.64. The summed E-state index contributed by atoms with van der Waals surface area (Å²) in [6.45, 7) is 4.40. The molecule has 0 fully saturated rings. The number of carbonyl (C=O) groups excluding carboxylic acids is 1. The summed E-state index contributed by atoms with van der Waals surface area (Å²) in [6, 6.07) is 14.1. The molecule has 2 aromatic rings. The van der Waals surface area contributed by atoms with Crippen molar-refractivity contribution in [3.8, 4) is 0 Å². The van der Waals surface area contributed by atoms with Crippen molar-refractivity contribution in [3.05, 3.63) is 59.2 Å². The lowest BCUT2D eigenvalue weighted by Gasteiger charge is -2.19. The van der Waals surface area contributed by atoms with Crippen molar-refractivity contribution >= 4 is 23.2 Å². The van der Waals surface area contributed by atoms with Crippen molar-refractivity contribution in [1.29, 1.82) is 0 Å². The molecule has 2 aromatic carbocycles. The number of nitrogens with two attached hydrogens (primary N) is 1. The first-order chi connectivity index (χ1) is 13.6. The third-order valence-corrected chi connectivity index (χ3v) is 5.35. The average Bonchev–Trinajstić information content (AvgIpc) is 2.72. The van der Waals surface area contributed by atoms with Crippen LogP contribution in [-0.4, -0.2) is 11.9 Å². The minimum atomic E-state index is -0.00155. The van der Waals surface area contributed by atoms with Crippen molar-refractivity contribution in [1.82, 2.24) is 0 Å². The highest BCUT2D eigenvalue weighted by Crippen LogP contribution is 2.27. The molecule has 0 saturated heterocycles. The lowest BCUT2D eigenvalue weighted by Crippen LogP contribution is -2.24. The van der Waals surface area contributed by atoms with Crippen LogP contribution < -0.4 is 16.4 Å². The van der Waals surface area contributed by atoms with E-state index in [1.54, 1.807) is 0 Å². The van der Waals surface area contributed by atoms with Crippen LogP contribution in [0.15, 0.2) is 47.5 Å². The van der Waals surface area contributed by atoms with E-state index < -0.39 is 0 Å². The van der Waals surface area contributed by atoms with Crippen LogP contribution in [0.1, 0.15) is 49.8 Å². The Hall–Kier alpha value is -2.82. The molecular weight excluding hydrogens is 348 g/mol. The van der Waals surface area contributed by atoms with Gasteiger partial charge >= 0.3 is 0 Å². The van der Waals surface area contributed by atoms with Gasteiger partial charge in [-0.1, -0.05) is 38.1 Å². The zero-order valence-corrected chi connectivity index (χ0v) is 16.8. The fraction of sp³-hybridized carbons (Fsp3) is 0.391. The molecule has 5 heteroatoms. The zero-order valence-electron chi connectivity index (χ0n) is 16.8. The van der Waals surface area contributed by atoms with Gasteiger partial charge in [-0.2, -0.15) is 0 Å². The first-order valence-corrected chi connectivity index (χ1v) is 10.1. The van der Waals surface area contributed by atoms with Gasteiger partial charge in [-0.15, -0.1) is 0 Å².